The zero-order chi connectivity index (χ0) is 15.2. The van der Waals surface area contributed by atoms with Crippen LogP contribution < -0.4 is 4.74 Å². The minimum Gasteiger partial charge on any atom is -0.494 e. The zero-order valence-corrected chi connectivity index (χ0v) is 13.2. The van der Waals surface area contributed by atoms with Crippen molar-refractivity contribution < 1.29 is 4.74 Å². The number of nitrogens with zero attached hydrogens (tertiary/aromatic N) is 3. The molecule has 1 saturated heterocycles. The molecule has 0 radical (unpaired) electrons. The van der Waals surface area contributed by atoms with Crippen LogP contribution in [0.4, 0.5) is 0 Å². The maximum atomic E-state index is 8.75. The van der Waals surface area contributed by atoms with E-state index in [1.165, 1.54) is 6.54 Å². The topological polar surface area (TPSA) is 39.5 Å². The molecule has 0 aromatic heterocycles. The quantitative estimate of drug-likeness (QED) is 0.752. The van der Waals surface area contributed by atoms with Gasteiger partial charge in [-0.2, -0.15) is 5.26 Å². The number of rotatable bonds is 6. The highest BCUT2D eigenvalue weighted by molar-refractivity contribution is 5.34. The van der Waals surface area contributed by atoms with E-state index >= 15 is 0 Å². The summed E-state index contributed by atoms with van der Waals surface area (Å²) in [6, 6.07) is 10.1. The molecular weight excluding hydrogens is 262 g/mol. The van der Waals surface area contributed by atoms with Gasteiger partial charge < -0.3 is 14.5 Å². The Morgan fingerprint density at radius 2 is 2.00 bits per heavy atom. The number of likely N-dealkylation sites (N-methyl/N-ethyl adjacent to an activating group) is 1. The highest BCUT2D eigenvalue weighted by atomic mass is 16.5. The average Bonchev–Trinajstić information content (AvgIpc) is 2.85. The van der Waals surface area contributed by atoms with Crippen LogP contribution in [0.2, 0.25) is 0 Å². The average molecular weight is 287 g/mol. The van der Waals surface area contributed by atoms with Crippen molar-refractivity contribution in [2.45, 2.75) is 19.4 Å². The van der Waals surface area contributed by atoms with Crippen LogP contribution in [0.5, 0.6) is 5.75 Å². The Labute approximate surface area is 127 Å². The summed E-state index contributed by atoms with van der Waals surface area (Å²) in [6.07, 6.45) is 1.03. The van der Waals surface area contributed by atoms with E-state index in [0.717, 1.165) is 37.8 Å². The van der Waals surface area contributed by atoms with Gasteiger partial charge in [0.1, 0.15) is 5.75 Å². The lowest BCUT2D eigenvalue weighted by Gasteiger charge is -2.22. The summed E-state index contributed by atoms with van der Waals surface area (Å²) in [5.41, 5.74) is 0.670. The van der Waals surface area contributed by atoms with Crippen molar-refractivity contribution in [3.8, 4) is 11.8 Å². The summed E-state index contributed by atoms with van der Waals surface area (Å²) >= 11 is 0. The van der Waals surface area contributed by atoms with Gasteiger partial charge in [0.25, 0.3) is 0 Å². The molecule has 0 aliphatic carbocycles. The first-order valence-corrected chi connectivity index (χ1v) is 7.62. The fraction of sp³-hybridized carbons (Fsp3) is 0.588. The van der Waals surface area contributed by atoms with Crippen molar-refractivity contribution in [1.29, 1.82) is 5.26 Å². The van der Waals surface area contributed by atoms with Crippen LogP contribution in [0.3, 0.4) is 0 Å². The van der Waals surface area contributed by atoms with Gasteiger partial charge in [-0.05, 0) is 50.7 Å². The first-order chi connectivity index (χ1) is 10.1. The van der Waals surface area contributed by atoms with E-state index in [-0.39, 0.29) is 0 Å². The first kappa shape index (κ1) is 15.8. The molecule has 1 aromatic rings. The maximum Gasteiger partial charge on any atom is 0.119 e. The van der Waals surface area contributed by atoms with E-state index < -0.39 is 0 Å². The van der Waals surface area contributed by atoms with Crippen LogP contribution in [-0.2, 0) is 0 Å². The molecule has 2 atom stereocenters. The van der Waals surface area contributed by atoms with Gasteiger partial charge in [0, 0.05) is 25.7 Å². The molecule has 1 aliphatic heterocycles. The van der Waals surface area contributed by atoms with Crippen LogP contribution >= 0.6 is 0 Å². The molecule has 4 heteroatoms. The summed E-state index contributed by atoms with van der Waals surface area (Å²) in [5, 5.41) is 8.75. The van der Waals surface area contributed by atoms with Crippen molar-refractivity contribution in [3.63, 3.8) is 0 Å². The minimum absolute atomic E-state index is 0.670. The summed E-state index contributed by atoms with van der Waals surface area (Å²) in [4.78, 5) is 4.86. The van der Waals surface area contributed by atoms with E-state index in [2.05, 4.69) is 36.9 Å². The molecule has 0 unspecified atom stereocenters. The van der Waals surface area contributed by atoms with Gasteiger partial charge in [0.2, 0.25) is 0 Å². The third-order valence-corrected chi connectivity index (χ3v) is 4.18. The van der Waals surface area contributed by atoms with E-state index in [1.807, 2.05) is 12.1 Å². The van der Waals surface area contributed by atoms with Crippen LogP contribution in [-0.4, -0.2) is 56.2 Å². The minimum atomic E-state index is 0.670. The lowest BCUT2D eigenvalue weighted by atomic mass is 10.1. The van der Waals surface area contributed by atoms with Gasteiger partial charge in [-0.15, -0.1) is 0 Å². The Kier molecular flexibility index (Phi) is 5.60. The second-order valence-corrected chi connectivity index (χ2v) is 6.11. The van der Waals surface area contributed by atoms with Gasteiger partial charge in [-0.1, -0.05) is 6.92 Å². The molecule has 4 nitrogen and oxygen atoms in total. The van der Waals surface area contributed by atoms with Gasteiger partial charge in [-0.3, -0.25) is 0 Å². The van der Waals surface area contributed by atoms with E-state index in [0.29, 0.717) is 11.6 Å². The predicted molar refractivity (Wildman–Crippen MR) is 84.3 cm³/mol. The molecular formula is C17H25N3O. The predicted octanol–water partition coefficient (Wildman–Crippen LogP) is 2.21. The highest BCUT2D eigenvalue weighted by Gasteiger charge is 2.30. The van der Waals surface area contributed by atoms with Crippen LogP contribution in [0.1, 0.15) is 18.9 Å². The van der Waals surface area contributed by atoms with Gasteiger partial charge in [-0.25, -0.2) is 0 Å². The smallest absolute Gasteiger partial charge is 0.119 e. The van der Waals surface area contributed by atoms with Crippen molar-refractivity contribution >= 4 is 0 Å². The van der Waals surface area contributed by atoms with Crippen molar-refractivity contribution in [3.05, 3.63) is 29.8 Å². The van der Waals surface area contributed by atoms with Crippen molar-refractivity contribution in [1.82, 2.24) is 9.80 Å². The number of benzene rings is 1. The normalized spacial score (nSPS) is 22.4. The number of likely N-dealkylation sites (tertiary alicyclic amines) is 1. The second-order valence-electron chi connectivity index (χ2n) is 6.11. The van der Waals surface area contributed by atoms with Gasteiger partial charge in [0.15, 0.2) is 0 Å². The monoisotopic (exact) mass is 287 g/mol. The molecule has 0 bridgehead atoms. The molecule has 1 aromatic carbocycles. The lowest BCUT2D eigenvalue weighted by Crippen LogP contribution is -2.34. The zero-order valence-electron chi connectivity index (χ0n) is 13.2. The lowest BCUT2D eigenvalue weighted by molar-refractivity contribution is 0.238. The molecule has 0 N–H and O–H groups in total. The summed E-state index contributed by atoms with van der Waals surface area (Å²) in [6.45, 7) is 6.48. The fourth-order valence-corrected chi connectivity index (χ4v) is 3.01. The summed E-state index contributed by atoms with van der Waals surface area (Å²) in [5.74, 6) is 1.58. The number of nitriles is 1. The Hall–Kier alpha value is -1.57. The maximum absolute atomic E-state index is 8.75. The molecule has 21 heavy (non-hydrogen) atoms. The molecule has 2 rings (SSSR count). The van der Waals surface area contributed by atoms with Crippen LogP contribution in [0.15, 0.2) is 24.3 Å². The number of hydrogen-bond acceptors (Lipinski definition) is 4. The summed E-state index contributed by atoms with van der Waals surface area (Å²) < 4.78 is 5.72. The Morgan fingerprint density at radius 3 is 2.57 bits per heavy atom. The molecule has 114 valence electrons. The molecule has 0 saturated carbocycles. The van der Waals surface area contributed by atoms with Gasteiger partial charge in [0.05, 0.1) is 18.2 Å². The SMILES string of the molecule is C[C@H]1CN(CCCOc2ccc(C#N)cc2)C[C@@H]1N(C)C. The van der Waals surface area contributed by atoms with E-state index in [4.69, 9.17) is 10.00 Å². The number of hydrogen-bond donors (Lipinski definition) is 0. The third-order valence-electron chi connectivity index (χ3n) is 4.18. The Bertz CT molecular complexity index is 478. The van der Waals surface area contributed by atoms with E-state index in [1.54, 1.807) is 12.1 Å². The molecule has 1 fully saturated rings. The standard InChI is InChI=1S/C17H25N3O/c1-14-12-20(13-17(14)19(2)3)9-4-10-21-16-7-5-15(11-18)6-8-16/h5-8,14,17H,4,9-10,12-13H2,1-3H3/t14-,17-/m0/s1. The molecule has 1 heterocycles. The molecule has 1 aliphatic rings. The second kappa shape index (κ2) is 7.44. The van der Waals surface area contributed by atoms with Gasteiger partial charge >= 0.3 is 0 Å². The van der Waals surface area contributed by atoms with E-state index in [9.17, 15) is 0 Å². The summed E-state index contributed by atoms with van der Waals surface area (Å²) in [7, 11) is 4.33. The fourth-order valence-electron chi connectivity index (χ4n) is 3.01. The largest absolute Gasteiger partial charge is 0.494 e. The number of ether oxygens (including phenoxy) is 1. The van der Waals surface area contributed by atoms with Crippen molar-refractivity contribution in [2.24, 2.45) is 5.92 Å². The van der Waals surface area contributed by atoms with Crippen LogP contribution in [0, 0.1) is 17.2 Å². The Morgan fingerprint density at radius 1 is 1.29 bits per heavy atom. The molecule has 0 amide bonds. The molecule has 0 spiro atoms. The van der Waals surface area contributed by atoms with Crippen LogP contribution in [0.25, 0.3) is 0 Å². The first-order valence-electron chi connectivity index (χ1n) is 7.62. The van der Waals surface area contributed by atoms with Crippen molar-refractivity contribution in [2.75, 3.05) is 40.3 Å². The highest BCUT2D eigenvalue weighted by Crippen LogP contribution is 2.20. The third kappa shape index (κ3) is 4.45. The Balaban J connectivity index is 1.67.